The minimum atomic E-state index is 0.0395. The average Bonchev–Trinajstić information content (AvgIpc) is 2.27. The lowest BCUT2D eigenvalue weighted by Gasteiger charge is -2.13. The summed E-state index contributed by atoms with van der Waals surface area (Å²) in [5.74, 6) is 0.870. The summed E-state index contributed by atoms with van der Waals surface area (Å²) < 4.78 is 5.55. The van der Waals surface area contributed by atoms with E-state index in [1.54, 1.807) is 0 Å². The molecule has 2 heteroatoms. The van der Waals surface area contributed by atoms with E-state index in [4.69, 9.17) is 10.5 Å². The van der Waals surface area contributed by atoms with E-state index >= 15 is 0 Å². The van der Waals surface area contributed by atoms with Gasteiger partial charge in [-0.25, -0.2) is 0 Å². The van der Waals surface area contributed by atoms with Crippen molar-refractivity contribution >= 4 is 0 Å². The standard InChI is InChI=1S/C13H19NO/c1-3-11(2)9-12(14)10-15-13-7-5-4-6-8-13/h4-8,12H,2-3,9-10,14H2,1H3. The van der Waals surface area contributed by atoms with Crippen LogP contribution in [0.25, 0.3) is 0 Å². The van der Waals surface area contributed by atoms with Crippen molar-refractivity contribution in [3.63, 3.8) is 0 Å². The highest BCUT2D eigenvalue weighted by molar-refractivity contribution is 5.20. The summed E-state index contributed by atoms with van der Waals surface area (Å²) in [7, 11) is 0. The lowest BCUT2D eigenvalue weighted by atomic mass is 10.1. The fraction of sp³-hybridized carbons (Fsp3) is 0.385. The van der Waals surface area contributed by atoms with Crippen LogP contribution in [0.1, 0.15) is 19.8 Å². The van der Waals surface area contributed by atoms with Gasteiger partial charge >= 0.3 is 0 Å². The number of hydrogen-bond donors (Lipinski definition) is 1. The number of rotatable bonds is 6. The van der Waals surface area contributed by atoms with Crippen LogP contribution in [0, 0.1) is 0 Å². The summed E-state index contributed by atoms with van der Waals surface area (Å²) in [6.07, 6.45) is 1.82. The van der Waals surface area contributed by atoms with Crippen molar-refractivity contribution in [1.29, 1.82) is 0 Å². The molecule has 1 atom stereocenters. The first-order valence-corrected chi connectivity index (χ1v) is 5.32. The molecule has 2 N–H and O–H groups in total. The number of ether oxygens (including phenoxy) is 1. The van der Waals surface area contributed by atoms with Crippen LogP contribution in [0.4, 0.5) is 0 Å². The van der Waals surface area contributed by atoms with E-state index in [0.717, 1.165) is 18.6 Å². The quantitative estimate of drug-likeness (QED) is 0.725. The zero-order chi connectivity index (χ0) is 11.1. The largest absolute Gasteiger partial charge is 0.492 e. The van der Waals surface area contributed by atoms with Gasteiger partial charge < -0.3 is 10.5 Å². The summed E-state index contributed by atoms with van der Waals surface area (Å²) in [5, 5.41) is 0. The van der Waals surface area contributed by atoms with E-state index in [2.05, 4.69) is 13.5 Å². The second kappa shape index (κ2) is 6.25. The normalized spacial score (nSPS) is 12.1. The van der Waals surface area contributed by atoms with E-state index in [-0.39, 0.29) is 6.04 Å². The van der Waals surface area contributed by atoms with E-state index < -0.39 is 0 Å². The summed E-state index contributed by atoms with van der Waals surface area (Å²) >= 11 is 0. The van der Waals surface area contributed by atoms with Crippen molar-refractivity contribution in [1.82, 2.24) is 0 Å². The van der Waals surface area contributed by atoms with Crippen LogP contribution in [0.3, 0.4) is 0 Å². The maximum absolute atomic E-state index is 5.91. The lowest BCUT2D eigenvalue weighted by Crippen LogP contribution is -2.28. The van der Waals surface area contributed by atoms with Crippen LogP contribution < -0.4 is 10.5 Å². The van der Waals surface area contributed by atoms with Crippen LogP contribution in [0.5, 0.6) is 5.75 Å². The van der Waals surface area contributed by atoms with Crippen molar-refractivity contribution in [3.05, 3.63) is 42.5 Å². The Morgan fingerprint density at radius 1 is 1.40 bits per heavy atom. The van der Waals surface area contributed by atoms with Crippen molar-refractivity contribution < 1.29 is 4.74 Å². The third-order valence-electron chi connectivity index (χ3n) is 2.26. The number of benzene rings is 1. The number of hydrogen-bond acceptors (Lipinski definition) is 2. The van der Waals surface area contributed by atoms with Crippen LogP contribution >= 0.6 is 0 Å². The molecule has 1 aromatic carbocycles. The molecule has 1 rings (SSSR count). The first-order valence-electron chi connectivity index (χ1n) is 5.32. The van der Waals surface area contributed by atoms with E-state index in [9.17, 15) is 0 Å². The summed E-state index contributed by atoms with van der Waals surface area (Å²) in [4.78, 5) is 0. The maximum atomic E-state index is 5.91. The van der Waals surface area contributed by atoms with Gasteiger partial charge in [0.2, 0.25) is 0 Å². The van der Waals surface area contributed by atoms with Gasteiger partial charge in [0.25, 0.3) is 0 Å². The molecule has 0 aliphatic carbocycles. The van der Waals surface area contributed by atoms with Gasteiger partial charge in [-0.2, -0.15) is 0 Å². The number of para-hydroxylation sites is 1. The average molecular weight is 205 g/mol. The molecule has 0 heterocycles. The summed E-state index contributed by atoms with van der Waals surface area (Å²) in [6.45, 7) is 6.57. The Kier molecular flexibility index (Phi) is 4.91. The topological polar surface area (TPSA) is 35.2 Å². The van der Waals surface area contributed by atoms with Crippen LogP contribution in [0.15, 0.2) is 42.5 Å². The SMILES string of the molecule is C=C(CC)CC(N)COc1ccccc1. The second-order valence-electron chi connectivity index (χ2n) is 3.69. The molecule has 0 aliphatic rings. The van der Waals surface area contributed by atoms with Crippen LogP contribution in [-0.4, -0.2) is 12.6 Å². The second-order valence-corrected chi connectivity index (χ2v) is 3.69. The van der Waals surface area contributed by atoms with Gasteiger partial charge in [-0.05, 0) is 25.0 Å². The summed E-state index contributed by atoms with van der Waals surface area (Å²) in [6, 6.07) is 9.77. The van der Waals surface area contributed by atoms with Crippen molar-refractivity contribution in [2.45, 2.75) is 25.8 Å². The van der Waals surface area contributed by atoms with E-state index in [0.29, 0.717) is 6.61 Å². The monoisotopic (exact) mass is 205 g/mol. The Morgan fingerprint density at radius 3 is 2.67 bits per heavy atom. The molecule has 0 amide bonds. The smallest absolute Gasteiger partial charge is 0.119 e. The van der Waals surface area contributed by atoms with Crippen molar-refractivity contribution in [2.24, 2.45) is 5.73 Å². The minimum absolute atomic E-state index is 0.0395. The van der Waals surface area contributed by atoms with Crippen LogP contribution in [0.2, 0.25) is 0 Å². The van der Waals surface area contributed by atoms with Gasteiger partial charge in [0, 0.05) is 6.04 Å². The van der Waals surface area contributed by atoms with Crippen LogP contribution in [-0.2, 0) is 0 Å². The highest BCUT2D eigenvalue weighted by Crippen LogP contribution is 2.10. The molecule has 15 heavy (non-hydrogen) atoms. The van der Waals surface area contributed by atoms with Gasteiger partial charge in [0.05, 0.1) is 0 Å². The molecule has 1 unspecified atom stereocenters. The molecule has 82 valence electrons. The fourth-order valence-corrected chi connectivity index (χ4v) is 1.29. The molecule has 2 nitrogen and oxygen atoms in total. The van der Waals surface area contributed by atoms with Gasteiger partial charge in [-0.15, -0.1) is 0 Å². The Bertz CT molecular complexity index is 295. The van der Waals surface area contributed by atoms with Crippen molar-refractivity contribution in [2.75, 3.05) is 6.61 Å². The van der Waals surface area contributed by atoms with E-state index in [1.807, 2.05) is 30.3 Å². The van der Waals surface area contributed by atoms with Crippen molar-refractivity contribution in [3.8, 4) is 5.75 Å². The molecule has 0 aromatic heterocycles. The molecule has 0 bridgehead atoms. The zero-order valence-corrected chi connectivity index (χ0v) is 9.28. The molecule has 0 saturated heterocycles. The minimum Gasteiger partial charge on any atom is -0.492 e. The maximum Gasteiger partial charge on any atom is 0.119 e. The third-order valence-corrected chi connectivity index (χ3v) is 2.26. The predicted octanol–water partition coefficient (Wildman–Crippen LogP) is 2.75. The molecule has 1 aromatic rings. The molecular weight excluding hydrogens is 186 g/mol. The first-order chi connectivity index (χ1) is 7.22. The highest BCUT2D eigenvalue weighted by Gasteiger charge is 2.04. The Balaban J connectivity index is 2.28. The molecule has 0 saturated carbocycles. The molecule has 0 spiro atoms. The predicted molar refractivity (Wildman–Crippen MR) is 64.0 cm³/mol. The molecular formula is C13H19NO. The fourth-order valence-electron chi connectivity index (χ4n) is 1.29. The Labute approximate surface area is 91.7 Å². The third kappa shape index (κ3) is 4.66. The Hall–Kier alpha value is -1.28. The van der Waals surface area contributed by atoms with E-state index in [1.165, 1.54) is 5.57 Å². The summed E-state index contributed by atoms with van der Waals surface area (Å²) in [5.41, 5.74) is 7.09. The highest BCUT2D eigenvalue weighted by atomic mass is 16.5. The first kappa shape index (κ1) is 11.8. The van der Waals surface area contributed by atoms with Gasteiger partial charge in [0.15, 0.2) is 0 Å². The van der Waals surface area contributed by atoms with Gasteiger partial charge in [0.1, 0.15) is 12.4 Å². The Morgan fingerprint density at radius 2 is 2.07 bits per heavy atom. The molecule has 0 aliphatic heterocycles. The number of nitrogens with two attached hydrogens (primary N) is 1. The van der Waals surface area contributed by atoms with Gasteiger partial charge in [-0.1, -0.05) is 37.3 Å². The lowest BCUT2D eigenvalue weighted by molar-refractivity contribution is 0.287. The molecule has 0 fully saturated rings. The zero-order valence-electron chi connectivity index (χ0n) is 9.28. The van der Waals surface area contributed by atoms with Gasteiger partial charge in [-0.3, -0.25) is 0 Å². The molecule has 0 radical (unpaired) electrons.